The molecule has 0 aromatic heterocycles. The second-order valence-electron chi connectivity index (χ2n) is 23.7. The molecular formula is C52H72O15. The summed E-state index contributed by atoms with van der Waals surface area (Å²) in [5.74, 6) is -10.4. The monoisotopic (exact) mass is 936 g/mol. The van der Waals surface area contributed by atoms with Crippen LogP contribution in [0.1, 0.15) is 197 Å². The topological polar surface area (TPSA) is 185 Å². The number of ether oxygens (including phenoxy) is 9. The number of fused-ring (bicyclic) bond motifs is 4. The summed E-state index contributed by atoms with van der Waals surface area (Å²) in [5, 5.41) is 0. The smallest absolute Gasteiger partial charge is 0.374 e. The Kier molecular flexibility index (Phi) is 15.1. The van der Waals surface area contributed by atoms with Gasteiger partial charge >= 0.3 is 35.8 Å². The summed E-state index contributed by atoms with van der Waals surface area (Å²) >= 11 is 0. The van der Waals surface area contributed by atoms with Gasteiger partial charge in [-0.15, -0.1) is 0 Å². The summed E-state index contributed by atoms with van der Waals surface area (Å²) in [4.78, 5) is 88.0. The molecule has 0 amide bonds. The number of benzene rings is 2. The number of rotatable bonds is 9. The van der Waals surface area contributed by atoms with Crippen molar-refractivity contribution in [1.29, 1.82) is 0 Å². The van der Waals surface area contributed by atoms with Gasteiger partial charge in [-0.25, -0.2) is 28.8 Å². The lowest BCUT2D eigenvalue weighted by Gasteiger charge is -2.51. The van der Waals surface area contributed by atoms with E-state index >= 15 is 14.4 Å². The number of esters is 6. The highest BCUT2D eigenvalue weighted by molar-refractivity contribution is 6.19. The minimum atomic E-state index is -1.91. The molecule has 1 aliphatic carbocycles. The van der Waals surface area contributed by atoms with Gasteiger partial charge < -0.3 is 42.6 Å². The van der Waals surface area contributed by atoms with E-state index in [1.54, 1.807) is 149 Å². The Labute approximate surface area is 395 Å². The standard InChI is InChI=1S/C52H72O15/c1-45(2,3)62-33(53)25-32(40(54)63-46(4,5)6)59-26-31-35-34(29-23-21-22-24-30(29)52(31)60-27-51(19,20)28-61-52)36(41(55)64-47(7,8)9)38(43(57)66-49(13,14)15)39(44(58)67-50(16,17)18)37(35)42(56)65-48(10,11)12/h21-25,31H,26-28H2,1-20H3/b32-25-. The lowest BCUT2D eigenvalue weighted by molar-refractivity contribution is -0.323. The average Bonchev–Trinajstić information content (AvgIpc) is 3.09. The Morgan fingerprint density at radius 1 is 0.552 bits per heavy atom. The van der Waals surface area contributed by atoms with Crippen molar-refractivity contribution >= 4 is 35.8 Å². The van der Waals surface area contributed by atoms with Gasteiger partial charge in [0.05, 0.1) is 47.5 Å². The van der Waals surface area contributed by atoms with E-state index in [0.29, 0.717) is 5.56 Å². The molecule has 15 heteroatoms. The summed E-state index contributed by atoms with van der Waals surface area (Å²) in [6.45, 7) is 32.6. The first kappa shape index (κ1) is 54.3. The molecule has 2 aromatic carbocycles. The van der Waals surface area contributed by atoms with Gasteiger partial charge in [0.1, 0.15) is 40.2 Å². The van der Waals surface area contributed by atoms with E-state index in [-0.39, 0.29) is 29.9 Å². The maximum absolute atomic E-state index is 15.3. The van der Waals surface area contributed by atoms with Gasteiger partial charge in [0.2, 0.25) is 11.5 Å². The van der Waals surface area contributed by atoms with Gasteiger partial charge in [0.15, 0.2) is 0 Å². The van der Waals surface area contributed by atoms with Crippen molar-refractivity contribution in [3.8, 4) is 11.1 Å². The van der Waals surface area contributed by atoms with E-state index in [1.807, 2.05) is 13.8 Å². The van der Waals surface area contributed by atoms with Crippen molar-refractivity contribution in [3.63, 3.8) is 0 Å². The molecule has 1 saturated heterocycles. The summed E-state index contributed by atoms with van der Waals surface area (Å²) < 4.78 is 55.6. The van der Waals surface area contributed by atoms with E-state index in [4.69, 9.17) is 42.6 Å². The van der Waals surface area contributed by atoms with Crippen molar-refractivity contribution in [2.75, 3.05) is 19.8 Å². The molecule has 0 N–H and O–H groups in total. The molecule has 2 aromatic rings. The Morgan fingerprint density at radius 3 is 1.37 bits per heavy atom. The van der Waals surface area contributed by atoms with Gasteiger partial charge in [-0.2, -0.15) is 0 Å². The van der Waals surface area contributed by atoms with Crippen LogP contribution in [0.5, 0.6) is 0 Å². The molecule has 15 nitrogen and oxygen atoms in total. The molecule has 0 radical (unpaired) electrons. The van der Waals surface area contributed by atoms with E-state index in [0.717, 1.165) is 6.08 Å². The van der Waals surface area contributed by atoms with Crippen molar-refractivity contribution < 1.29 is 71.4 Å². The largest absolute Gasteiger partial charge is 0.485 e. The van der Waals surface area contributed by atoms with Crippen molar-refractivity contribution in [2.45, 2.75) is 184 Å². The van der Waals surface area contributed by atoms with Crippen LogP contribution in [0.25, 0.3) is 11.1 Å². The average molecular weight is 937 g/mol. The summed E-state index contributed by atoms with van der Waals surface area (Å²) in [7, 11) is 0. The molecule has 1 unspecified atom stereocenters. The summed E-state index contributed by atoms with van der Waals surface area (Å²) in [6, 6.07) is 6.77. The summed E-state index contributed by atoms with van der Waals surface area (Å²) in [6.07, 6.45) is 0.855. The molecule has 1 fully saturated rings. The van der Waals surface area contributed by atoms with Gasteiger partial charge in [0.25, 0.3) is 0 Å². The zero-order valence-corrected chi connectivity index (χ0v) is 43.2. The fraction of sp³-hybridized carbons (Fsp3) is 0.615. The Morgan fingerprint density at radius 2 is 0.940 bits per heavy atom. The van der Waals surface area contributed by atoms with E-state index in [9.17, 15) is 14.4 Å². The molecular weight excluding hydrogens is 865 g/mol. The van der Waals surface area contributed by atoms with Crippen molar-refractivity contribution in [1.82, 2.24) is 0 Å². The van der Waals surface area contributed by atoms with Crippen LogP contribution < -0.4 is 0 Å². The first-order valence-electron chi connectivity index (χ1n) is 22.5. The van der Waals surface area contributed by atoms with Crippen LogP contribution in [0, 0.1) is 5.41 Å². The fourth-order valence-electron chi connectivity index (χ4n) is 7.26. The first-order valence-corrected chi connectivity index (χ1v) is 22.5. The van der Waals surface area contributed by atoms with Crippen LogP contribution in [0.15, 0.2) is 36.1 Å². The lowest BCUT2D eigenvalue weighted by atomic mass is 9.68. The van der Waals surface area contributed by atoms with Crippen LogP contribution in [0.3, 0.4) is 0 Å². The highest BCUT2D eigenvalue weighted by atomic mass is 16.7. The van der Waals surface area contributed by atoms with Crippen molar-refractivity contribution in [2.24, 2.45) is 5.41 Å². The highest BCUT2D eigenvalue weighted by Crippen LogP contribution is 2.58. The quantitative estimate of drug-likeness (QED) is 0.1000. The SMILES string of the molecule is CC1(C)COC2(OC1)c1ccccc1-c1c(C(=O)OC(C)(C)C)c(C(=O)OC(C)(C)C)c(C(=O)OC(C)(C)C)c(C(=O)OC(C)(C)C)c1C2CO/C(=C\C(=O)OC(C)(C)C)C(=O)OC(C)(C)C. The molecule has 4 rings (SSSR count). The third-order valence-corrected chi connectivity index (χ3v) is 9.35. The molecule has 1 atom stereocenters. The zero-order chi connectivity index (χ0) is 51.3. The molecule has 0 bridgehead atoms. The Bertz CT molecular complexity index is 2300. The first-order chi connectivity index (χ1) is 30.1. The van der Waals surface area contributed by atoms with Gasteiger partial charge in [-0.3, -0.25) is 0 Å². The second-order valence-corrected chi connectivity index (χ2v) is 23.7. The minimum Gasteiger partial charge on any atom is -0.485 e. The predicted octanol–water partition coefficient (Wildman–Crippen LogP) is 10.1. The Balaban J connectivity index is 2.38. The number of hydrogen-bond acceptors (Lipinski definition) is 15. The maximum atomic E-state index is 15.3. The van der Waals surface area contributed by atoms with Crippen molar-refractivity contribution in [3.05, 3.63) is 69.5 Å². The molecule has 67 heavy (non-hydrogen) atoms. The number of carbonyl (C=O) groups is 6. The minimum absolute atomic E-state index is 0.0370. The van der Waals surface area contributed by atoms with Gasteiger partial charge in [-0.05, 0) is 136 Å². The van der Waals surface area contributed by atoms with Crippen LogP contribution in [0.4, 0.5) is 0 Å². The van der Waals surface area contributed by atoms with Crippen LogP contribution >= 0.6 is 0 Å². The second kappa shape index (κ2) is 18.7. The molecule has 2 aliphatic rings. The fourth-order valence-corrected chi connectivity index (χ4v) is 7.26. The highest BCUT2D eigenvalue weighted by Gasteiger charge is 2.57. The molecule has 0 saturated carbocycles. The zero-order valence-electron chi connectivity index (χ0n) is 43.2. The third kappa shape index (κ3) is 13.9. The lowest BCUT2D eigenvalue weighted by Crippen LogP contribution is -2.52. The van der Waals surface area contributed by atoms with Gasteiger partial charge in [-0.1, -0.05) is 38.1 Å². The van der Waals surface area contributed by atoms with E-state index < -0.39 is 121 Å². The molecule has 1 heterocycles. The molecule has 370 valence electrons. The molecule has 1 aliphatic heterocycles. The van der Waals surface area contributed by atoms with E-state index in [2.05, 4.69) is 0 Å². The number of hydrogen-bond donors (Lipinski definition) is 0. The van der Waals surface area contributed by atoms with Gasteiger partial charge in [0, 0.05) is 16.5 Å². The van der Waals surface area contributed by atoms with Crippen LogP contribution in [-0.2, 0) is 58.0 Å². The Hall–Kier alpha value is -5.28. The summed E-state index contributed by atoms with van der Waals surface area (Å²) in [5.41, 5.74) is -9.13. The van der Waals surface area contributed by atoms with Crippen LogP contribution in [-0.4, -0.2) is 89.2 Å². The third-order valence-electron chi connectivity index (χ3n) is 9.35. The molecule has 1 spiro atoms. The normalized spacial score (nSPS) is 17.3. The van der Waals surface area contributed by atoms with E-state index in [1.165, 1.54) is 0 Å². The maximum Gasteiger partial charge on any atom is 0.374 e. The van der Waals surface area contributed by atoms with Crippen LogP contribution in [0.2, 0.25) is 0 Å². The number of carbonyl (C=O) groups excluding carboxylic acids is 6. The predicted molar refractivity (Wildman–Crippen MR) is 248 cm³/mol.